The molecule has 1 atom stereocenters. The van der Waals surface area contributed by atoms with Gasteiger partial charge in [0.1, 0.15) is 5.54 Å². The summed E-state index contributed by atoms with van der Waals surface area (Å²) in [7, 11) is 0. The highest BCUT2D eigenvalue weighted by molar-refractivity contribution is 6.30. The van der Waals surface area contributed by atoms with Crippen LogP contribution in [-0.4, -0.2) is 21.2 Å². The summed E-state index contributed by atoms with van der Waals surface area (Å²) in [6.07, 6.45) is 6.46. The summed E-state index contributed by atoms with van der Waals surface area (Å²) in [4.78, 5) is 12.6. The van der Waals surface area contributed by atoms with E-state index in [9.17, 15) is 10.1 Å². The van der Waals surface area contributed by atoms with Gasteiger partial charge in [-0.1, -0.05) is 18.5 Å². The zero-order valence-corrected chi connectivity index (χ0v) is 16.1. The molecule has 0 aliphatic heterocycles. The second-order valence-corrected chi connectivity index (χ2v) is 7.61. The van der Waals surface area contributed by atoms with Gasteiger partial charge in [-0.2, -0.15) is 10.4 Å². The Labute approximate surface area is 159 Å². The second kappa shape index (κ2) is 7.13. The smallest absolute Gasteiger partial charge is 0.225 e. The van der Waals surface area contributed by atoms with Crippen LogP contribution >= 0.6 is 11.6 Å². The van der Waals surface area contributed by atoms with Crippen molar-refractivity contribution < 1.29 is 4.79 Å². The number of rotatable bonds is 6. The fourth-order valence-electron chi connectivity index (χ4n) is 3.39. The number of benzene rings is 1. The van der Waals surface area contributed by atoms with Crippen LogP contribution in [0.1, 0.15) is 43.4 Å². The van der Waals surface area contributed by atoms with Crippen molar-refractivity contribution in [2.24, 2.45) is 5.92 Å². The highest BCUT2D eigenvalue weighted by atomic mass is 35.5. The lowest BCUT2D eigenvalue weighted by atomic mass is 9.94. The first kappa shape index (κ1) is 18.5. The van der Waals surface area contributed by atoms with Crippen LogP contribution in [0.5, 0.6) is 0 Å². The Balaban J connectivity index is 1.83. The van der Waals surface area contributed by atoms with Crippen molar-refractivity contribution in [3.63, 3.8) is 0 Å². The number of amides is 1. The minimum atomic E-state index is -0.761. The van der Waals surface area contributed by atoms with E-state index in [1.54, 1.807) is 17.1 Å². The number of aryl methyl sites for hydroxylation is 2. The number of halogens is 1. The van der Waals surface area contributed by atoms with Gasteiger partial charge in [-0.05, 0) is 67.9 Å². The average molecular weight is 371 g/mol. The monoisotopic (exact) mass is 370 g/mol. The molecule has 6 heteroatoms. The van der Waals surface area contributed by atoms with E-state index in [1.807, 2.05) is 26.0 Å². The van der Waals surface area contributed by atoms with Crippen LogP contribution in [0.3, 0.4) is 0 Å². The van der Waals surface area contributed by atoms with E-state index >= 15 is 0 Å². The molecule has 1 aromatic carbocycles. The molecule has 0 saturated heterocycles. The first-order valence-corrected chi connectivity index (χ1v) is 9.29. The van der Waals surface area contributed by atoms with Crippen molar-refractivity contribution >= 4 is 17.5 Å². The quantitative estimate of drug-likeness (QED) is 0.841. The van der Waals surface area contributed by atoms with Crippen molar-refractivity contribution in [3.8, 4) is 11.8 Å². The summed E-state index contributed by atoms with van der Waals surface area (Å²) in [6, 6.07) is 6.33. The second-order valence-electron chi connectivity index (χ2n) is 7.17. The summed E-state index contributed by atoms with van der Waals surface area (Å²) in [6.45, 7) is 5.89. The normalized spacial score (nSPS) is 16.0. The molecule has 1 heterocycles. The Kier molecular flexibility index (Phi) is 5.06. The van der Waals surface area contributed by atoms with Gasteiger partial charge in [0.2, 0.25) is 5.91 Å². The molecular weight excluding hydrogens is 348 g/mol. The van der Waals surface area contributed by atoms with Gasteiger partial charge in [0.25, 0.3) is 0 Å². The molecule has 1 aromatic heterocycles. The molecule has 1 amide bonds. The minimum Gasteiger partial charge on any atom is -0.338 e. The van der Waals surface area contributed by atoms with Gasteiger partial charge in [-0.15, -0.1) is 0 Å². The molecule has 1 fully saturated rings. The number of nitrogens with zero attached hydrogens (tertiary/aromatic N) is 3. The molecule has 0 bridgehead atoms. The fraction of sp³-hybridized carbons (Fsp3) is 0.450. The van der Waals surface area contributed by atoms with Crippen LogP contribution < -0.4 is 5.32 Å². The third-order valence-corrected chi connectivity index (χ3v) is 5.30. The Morgan fingerprint density at radius 1 is 1.50 bits per heavy atom. The number of aromatic nitrogens is 2. The lowest BCUT2D eigenvalue weighted by Gasteiger charge is -2.23. The number of hydrogen-bond donors (Lipinski definition) is 1. The topological polar surface area (TPSA) is 70.7 Å². The van der Waals surface area contributed by atoms with E-state index in [0.717, 1.165) is 41.6 Å². The van der Waals surface area contributed by atoms with Crippen molar-refractivity contribution in [1.82, 2.24) is 15.1 Å². The number of nitrogens with one attached hydrogen (secondary N) is 1. The molecule has 5 nitrogen and oxygen atoms in total. The molecule has 0 spiro atoms. The Morgan fingerprint density at radius 3 is 2.77 bits per heavy atom. The predicted molar refractivity (Wildman–Crippen MR) is 101 cm³/mol. The number of carbonyl (C=O) groups excluding carboxylic acids is 1. The highest BCUT2D eigenvalue weighted by Gasteiger charge is 2.43. The maximum Gasteiger partial charge on any atom is 0.225 e. The third-order valence-electron chi connectivity index (χ3n) is 5.11. The largest absolute Gasteiger partial charge is 0.338 e. The van der Waals surface area contributed by atoms with Crippen LogP contribution in [0.25, 0.3) is 5.69 Å². The van der Waals surface area contributed by atoms with Crippen LogP contribution in [0.2, 0.25) is 5.02 Å². The predicted octanol–water partition coefficient (Wildman–Crippen LogP) is 3.75. The summed E-state index contributed by atoms with van der Waals surface area (Å²) < 4.78 is 1.73. The van der Waals surface area contributed by atoms with Gasteiger partial charge < -0.3 is 5.32 Å². The number of carbonyl (C=O) groups is 1. The van der Waals surface area contributed by atoms with E-state index < -0.39 is 5.54 Å². The molecule has 1 N–H and O–H groups in total. The van der Waals surface area contributed by atoms with Crippen molar-refractivity contribution in [1.29, 1.82) is 5.26 Å². The lowest BCUT2D eigenvalue weighted by molar-refractivity contribution is -0.121. The highest BCUT2D eigenvalue weighted by Crippen LogP contribution is 2.39. The zero-order chi connectivity index (χ0) is 18.9. The standard InChI is InChI=1S/C20H23ClN4O/c1-4-14-8-17(25-11-16(21)10-23-25)7-13(2)18(14)9-19(26)24-20(3,12-22)15-5-6-15/h7-8,10-11,15H,4-6,9H2,1-3H3,(H,24,26). The number of nitriles is 1. The molecule has 1 aliphatic carbocycles. The minimum absolute atomic E-state index is 0.103. The third kappa shape index (κ3) is 3.76. The molecule has 26 heavy (non-hydrogen) atoms. The maximum atomic E-state index is 12.6. The zero-order valence-electron chi connectivity index (χ0n) is 15.3. The first-order valence-electron chi connectivity index (χ1n) is 8.91. The Morgan fingerprint density at radius 2 is 2.23 bits per heavy atom. The molecule has 1 aliphatic rings. The van der Waals surface area contributed by atoms with Crippen molar-refractivity contribution in [2.45, 2.75) is 52.0 Å². The molecule has 136 valence electrons. The van der Waals surface area contributed by atoms with Crippen LogP contribution in [0, 0.1) is 24.2 Å². The van der Waals surface area contributed by atoms with E-state index in [2.05, 4.69) is 23.4 Å². The summed E-state index contributed by atoms with van der Waals surface area (Å²) in [5.74, 6) is 0.170. The van der Waals surface area contributed by atoms with Crippen molar-refractivity contribution in [2.75, 3.05) is 0 Å². The van der Waals surface area contributed by atoms with E-state index in [-0.39, 0.29) is 18.2 Å². The van der Waals surface area contributed by atoms with E-state index in [0.29, 0.717) is 5.02 Å². The summed E-state index contributed by atoms with van der Waals surface area (Å²) in [5.41, 5.74) is 3.32. The van der Waals surface area contributed by atoms with E-state index in [1.165, 1.54) is 0 Å². The molecule has 1 saturated carbocycles. The van der Waals surface area contributed by atoms with Gasteiger partial charge in [0.15, 0.2) is 0 Å². The molecule has 2 aromatic rings. The molecule has 3 rings (SSSR count). The SMILES string of the molecule is CCc1cc(-n2cc(Cl)cn2)cc(C)c1CC(=O)NC(C)(C#N)C1CC1. The van der Waals surface area contributed by atoms with Gasteiger partial charge in [0.05, 0.1) is 29.4 Å². The summed E-state index contributed by atoms with van der Waals surface area (Å²) >= 11 is 5.97. The first-order chi connectivity index (χ1) is 12.4. The van der Waals surface area contributed by atoms with Crippen molar-refractivity contribution in [3.05, 3.63) is 46.2 Å². The van der Waals surface area contributed by atoms with Gasteiger partial charge in [-0.3, -0.25) is 4.79 Å². The fourth-order valence-corrected chi connectivity index (χ4v) is 3.52. The van der Waals surface area contributed by atoms with Gasteiger partial charge in [0, 0.05) is 6.20 Å². The Hall–Kier alpha value is -2.32. The maximum absolute atomic E-state index is 12.6. The van der Waals surface area contributed by atoms with Gasteiger partial charge in [-0.25, -0.2) is 4.68 Å². The average Bonchev–Trinajstić information content (AvgIpc) is 3.38. The Bertz CT molecular complexity index is 878. The van der Waals surface area contributed by atoms with Crippen LogP contribution in [0.15, 0.2) is 24.5 Å². The lowest BCUT2D eigenvalue weighted by Crippen LogP contribution is -2.47. The molecule has 1 unspecified atom stereocenters. The van der Waals surface area contributed by atoms with Crippen LogP contribution in [-0.2, 0) is 17.6 Å². The number of hydrogen-bond acceptors (Lipinski definition) is 3. The summed E-state index contributed by atoms with van der Waals surface area (Å²) in [5, 5.41) is 17.2. The van der Waals surface area contributed by atoms with Crippen LogP contribution in [0.4, 0.5) is 0 Å². The molecule has 0 radical (unpaired) electrons. The molecular formula is C20H23ClN4O. The van der Waals surface area contributed by atoms with E-state index in [4.69, 9.17) is 11.6 Å². The van der Waals surface area contributed by atoms with Gasteiger partial charge >= 0.3 is 0 Å².